The van der Waals surface area contributed by atoms with Gasteiger partial charge in [-0.1, -0.05) is 12.1 Å². The van der Waals surface area contributed by atoms with Crippen LogP contribution in [0.25, 0.3) is 0 Å². The molecule has 6 nitrogen and oxygen atoms in total. The van der Waals surface area contributed by atoms with Crippen LogP contribution in [0.3, 0.4) is 0 Å². The number of ether oxygens (including phenoxy) is 1. The van der Waals surface area contributed by atoms with Gasteiger partial charge in [-0.25, -0.2) is 8.42 Å². The van der Waals surface area contributed by atoms with E-state index in [0.717, 1.165) is 17.6 Å². The topological polar surface area (TPSA) is 75.7 Å². The molecule has 2 aromatic rings. The van der Waals surface area contributed by atoms with Crippen LogP contribution in [0, 0.1) is 6.92 Å². The van der Waals surface area contributed by atoms with Gasteiger partial charge in [0.2, 0.25) is 15.9 Å². The first-order valence-electron chi connectivity index (χ1n) is 8.36. The van der Waals surface area contributed by atoms with Crippen LogP contribution in [-0.2, 0) is 14.8 Å². The van der Waals surface area contributed by atoms with Crippen LogP contribution in [0.2, 0.25) is 0 Å². The van der Waals surface area contributed by atoms with Crippen molar-refractivity contribution in [3.63, 3.8) is 0 Å². The Morgan fingerprint density at radius 3 is 2.42 bits per heavy atom. The number of nitrogens with zero attached hydrogens (tertiary/aromatic N) is 1. The molecule has 0 bridgehead atoms. The van der Waals surface area contributed by atoms with Crippen LogP contribution in [0.5, 0.6) is 5.75 Å². The first kappa shape index (κ1) is 19.8. The summed E-state index contributed by atoms with van der Waals surface area (Å²) in [6.45, 7) is 4.44. The normalized spacial score (nSPS) is 11.0. The van der Waals surface area contributed by atoms with E-state index in [2.05, 4.69) is 5.32 Å². The molecule has 0 saturated heterocycles. The van der Waals surface area contributed by atoms with Crippen molar-refractivity contribution in [3.05, 3.63) is 54.1 Å². The van der Waals surface area contributed by atoms with Crippen molar-refractivity contribution < 1.29 is 17.9 Å². The maximum absolute atomic E-state index is 12.2. The number of anilines is 2. The summed E-state index contributed by atoms with van der Waals surface area (Å²) in [4.78, 5) is 12.2. The van der Waals surface area contributed by atoms with Crippen molar-refractivity contribution in [3.8, 4) is 5.75 Å². The summed E-state index contributed by atoms with van der Waals surface area (Å²) in [6, 6.07) is 14.2. The Bertz CT molecular complexity index is 848. The van der Waals surface area contributed by atoms with Gasteiger partial charge < -0.3 is 10.1 Å². The molecule has 0 aliphatic carbocycles. The highest BCUT2D eigenvalue weighted by molar-refractivity contribution is 7.92. The summed E-state index contributed by atoms with van der Waals surface area (Å²) >= 11 is 0. The number of sulfonamides is 1. The number of amides is 1. The smallest absolute Gasteiger partial charge is 0.232 e. The van der Waals surface area contributed by atoms with Gasteiger partial charge in [0, 0.05) is 18.7 Å². The Balaban J connectivity index is 2.01. The summed E-state index contributed by atoms with van der Waals surface area (Å²) < 4.78 is 30.8. The Morgan fingerprint density at radius 2 is 1.85 bits per heavy atom. The lowest BCUT2D eigenvalue weighted by Gasteiger charge is -2.22. The summed E-state index contributed by atoms with van der Waals surface area (Å²) in [5.74, 6) is 0.476. The van der Waals surface area contributed by atoms with Gasteiger partial charge in [0.15, 0.2) is 0 Å². The van der Waals surface area contributed by atoms with E-state index in [-0.39, 0.29) is 18.9 Å². The molecule has 0 aromatic heterocycles. The predicted molar refractivity (Wildman–Crippen MR) is 104 cm³/mol. The Hall–Kier alpha value is -2.54. The van der Waals surface area contributed by atoms with Crippen molar-refractivity contribution in [2.45, 2.75) is 20.3 Å². The third-order valence-corrected chi connectivity index (χ3v) is 4.88. The molecule has 0 aliphatic heterocycles. The molecular formula is C19H24N2O4S. The number of aryl methyl sites for hydroxylation is 1. The first-order valence-corrected chi connectivity index (χ1v) is 10.2. The summed E-state index contributed by atoms with van der Waals surface area (Å²) in [6.07, 6.45) is 1.19. The van der Waals surface area contributed by atoms with Gasteiger partial charge >= 0.3 is 0 Å². The van der Waals surface area contributed by atoms with Crippen molar-refractivity contribution in [1.29, 1.82) is 0 Å². The molecule has 7 heteroatoms. The Morgan fingerprint density at radius 1 is 1.15 bits per heavy atom. The number of benzene rings is 2. The molecule has 2 rings (SSSR count). The second-order valence-corrected chi connectivity index (χ2v) is 7.84. The zero-order valence-corrected chi connectivity index (χ0v) is 16.0. The molecule has 1 amide bonds. The second kappa shape index (κ2) is 8.71. The largest absolute Gasteiger partial charge is 0.494 e. The minimum Gasteiger partial charge on any atom is -0.494 e. The van der Waals surface area contributed by atoms with Crippen LogP contribution in [0.1, 0.15) is 18.9 Å². The Kier molecular flexibility index (Phi) is 6.63. The molecule has 0 atom stereocenters. The van der Waals surface area contributed by atoms with Crippen molar-refractivity contribution in [2.75, 3.05) is 29.0 Å². The average molecular weight is 376 g/mol. The highest BCUT2D eigenvalue weighted by atomic mass is 32.2. The van der Waals surface area contributed by atoms with Gasteiger partial charge in [0.25, 0.3) is 0 Å². The van der Waals surface area contributed by atoms with Crippen LogP contribution in [-0.4, -0.2) is 33.7 Å². The number of carbonyl (C=O) groups is 1. The van der Waals surface area contributed by atoms with Gasteiger partial charge in [0.1, 0.15) is 5.75 Å². The fourth-order valence-electron chi connectivity index (χ4n) is 2.50. The first-order chi connectivity index (χ1) is 12.3. The summed E-state index contributed by atoms with van der Waals surface area (Å²) in [5, 5.41) is 2.76. The molecular weight excluding hydrogens is 352 g/mol. The van der Waals surface area contributed by atoms with Gasteiger partial charge in [-0.15, -0.1) is 0 Å². The van der Waals surface area contributed by atoms with Crippen molar-refractivity contribution >= 4 is 27.3 Å². The van der Waals surface area contributed by atoms with E-state index in [0.29, 0.717) is 18.0 Å². The standard InChI is InChI=1S/C19H24N2O4S/c1-4-25-18-10-8-16(9-11-18)20-19(22)12-13-21(26(3,23)24)17-7-5-6-15(2)14-17/h5-11,14H,4,12-13H2,1-3H3,(H,20,22). The van der Waals surface area contributed by atoms with E-state index in [1.54, 1.807) is 42.5 Å². The van der Waals surface area contributed by atoms with Gasteiger partial charge in [-0.2, -0.15) is 0 Å². The zero-order valence-electron chi connectivity index (χ0n) is 15.2. The second-order valence-electron chi connectivity index (χ2n) is 5.93. The molecule has 0 saturated carbocycles. The Labute approximate surface area is 154 Å². The lowest BCUT2D eigenvalue weighted by Crippen LogP contribution is -2.33. The molecule has 26 heavy (non-hydrogen) atoms. The number of hydrogen-bond acceptors (Lipinski definition) is 4. The van der Waals surface area contributed by atoms with E-state index in [1.165, 1.54) is 4.31 Å². The third-order valence-electron chi connectivity index (χ3n) is 3.68. The van der Waals surface area contributed by atoms with E-state index in [9.17, 15) is 13.2 Å². The molecule has 0 radical (unpaired) electrons. The number of nitrogens with one attached hydrogen (secondary N) is 1. The summed E-state index contributed by atoms with van der Waals surface area (Å²) in [5.41, 5.74) is 2.15. The number of carbonyl (C=O) groups excluding carboxylic acids is 1. The predicted octanol–water partition coefficient (Wildman–Crippen LogP) is 3.19. The van der Waals surface area contributed by atoms with Crippen LogP contribution in [0.15, 0.2) is 48.5 Å². The molecule has 140 valence electrons. The summed E-state index contributed by atoms with van der Waals surface area (Å²) in [7, 11) is -3.48. The maximum Gasteiger partial charge on any atom is 0.232 e. The van der Waals surface area contributed by atoms with Crippen LogP contribution in [0.4, 0.5) is 11.4 Å². The fraction of sp³-hybridized carbons (Fsp3) is 0.316. The lowest BCUT2D eigenvalue weighted by atomic mass is 10.2. The van der Waals surface area contributed by atoms with Crippen LogP contribution >= 0.6 is 0 Å². The van der Waals surface area contributed by atoms with Gasteiger partial charge in [-0.3, -0.25) is 9.10 Å². The molecule has 2 aromatic carbocycles. The van der Waals surface area contributed by atoms with E-state index in [1.807, 2.05) is 19.9 Å². The SMILES string of the molecule is CCOc1ccc(NC(=O)CCN(c2cccc(C)c2)S(C)(=O)=O)cc1. The maximum atomic E-state index is 12.2. The van der Waals surface area contributed by atoms with E-state index < -0.39 is 10.0 Å². The van der Waals surface area contributed by atoms with Crippen LogP contribution < -0.4 is 14.4 Å². The number of rotatable bonds is 8. The van der Waals surface area contributed by atoms with E-state index in [4.69, 9.17) is 4.74 Å². The quantitative estimate of drug-likeness (QED) is 0.768. The molecule has 0 fully saturated rings. The molecule has 0 heterocycles. The molecule has 1 N–H and O–H groups in total. The van der Waals surface area contributed by atoms with Gasteiger partial charge in [0.05, 0.1) is 18.6 Å². The number of hydrogen-bond donors (Lipinski definition) is 1. The monoisotopic (exact) mass is 376 g/mol. The molecule has 0 aliphatic rings. The lowest BCUT2D eigenvalue weighted by molar-refractivity contribution is -0.116. The highest BCUT2D eigenvalue weighted by Gasteiger charge is 2.18. The van der Waals surface area contributed by atoms with E-state index >= 15 is 0 Å². The highest BCUT2D eigenvalue weighted by Crippen LogP contribution is 2.20. The van der Waals surface area contributed by atoms with Crippen molar-refractivity contribution in [1.82, 2.24) is 0 Å². The minimum absolute atomic E-state index is 0.0498. The average Bonchev–Trinajstić information content (AvgIpc) is 2.56. The van der Waals surface area contributed by atoms with Crippen molar-refractivity contribution in [2.24, 2.45) is 0 Å². The zero-order chi connectivity index (χ0) is 19.2. The molecule has 0 spiro atoms. The van der Waals surface area contributed by atoms with Gasteiger partial charge in [-0.05, 0) is 55.8 Å². The fourth-order valence-corrected chi connectivity index (χ4v) is 3.42. The molecule has 0 unspecified atom stereocenters. The minimum atomic E-state index is -3.48. The third kappa shape index (κ3) is 5.77.